The van der Waals surface area contributed by atoms with Crippen molar-refractivity contribution in [2.75, 3.05) is 19.7 Å². The third kappa shape index (κ3) is 11.0. The van der Waals surface area contributed by atoms with Gasteiger partial charge in [-0.3, -0.25) is 33.6 Å². The predicted molar refractivity (Wildman–Crippen MR) is 213 cm³/mol. The molecule has 7 amide bonds. The second-order valence-corrected chi connectivity index (χ2v) is 14.1. The van der Waals surface area contributed by atoms with Crippen molar-refractivity contribution in [3.8, 4) is 0 Å². The summed E-state index contributed by atoms with van der Waals surface area (Å²) in [5.74, 6) is -4.87. The summed E-state index contributed by atoms with van der Waals surface area (Å²) in [6.45, 7) is 0.354. The van der Waals surface area contributed by atoms with E-state index in [4.69, 9.17) is 11.5 Å². The van der Waals surface area contributed by atoms with Crippen molar-refractivity contribution in [3.05, 3.63) is 108 Å². The Morgan fingerprint density at radius 1 is 0.810 bits per heavy atom. The van der Waals surface area contributed by atoms with Gasteiger partial charge in [0.25, 0.3) is 0 Å². The minimum Gasteiger partial charge on any atom is -0.394 e. The van der Waals surface area contributed by atoms with Gasteiger partial charge in [-0.05, 0) is 48.9 Å². The summed E-state index contributed by atoms with van der Waals surface area (Å²) in [7, 11) is 0. The fourth-order valence-corrected chi connectivity index (χ4v) is 6.75. The van der Waals surface area contributed by atoms with E-state index >= 15 is 0 Å². The van der Waals surface area contributed by atoms with E-state index in [1.165, 1.54) is 11.8 Å². The number of hydrogen-bond donors (Lipinski definition) is 9. The zero-order valence-corrected chi connectivity index (χ0v) is 32.0. The number of para-hydroxylation sites is 1. The lowest BCUT2D eigenvalue weighted by atomic mass is 10.0. The number of carbonyl (C=O) groups excluding carboxylic acids is 7. The number of nitrogens with zero attached hydrogens (tertiary/aromatic N) is 1. The molecule has 0 aliphatic carbocycles. The first kappa shape index (κ1) is 42.6. The summed E-state index contributed by atoms with van der Waals surface area (Å²) in [5, 5.41) is 23.3. The number of benzene rings is 3. The Balaban J connectivity index is 1.22. The molecule has 1 saturated heterocycles. The molecular weight excluding hydrogens is 747 g/mol. The fourth-order valence-electron chi connectivity index (χ4n) is 6.75. The number of rotatable bonds is 18. The number of carbonyl (C=O) groups is 7. The van der Waals surface area contributed by atoms with E-state index in [0.29, 0.717) is 17.5 Å². The molecule has 17 heteroatoms. The molecule has 0 saturated carbocycles. The Kier molecular flexibility index (Phi) is 14.7. The highest BCUT2D eigenvalue weighted by Gasteiger charge is 2.39. The highest BCUT2D eigenvalue weighted by Crippen LogP contribution is 2.24. The molecule has 58 heavy (non-hydrogen) atoms. The molecular formula is C41H49N9O8. The van der Waals surface area contributed by atoms with E-state index in [1.54, 1.807) is 66.9 Å². The molecule has 17 nitrogen and oxygen atoms in total. The molecule has 3 aromatic carbocycles. The molecule has 0 spiro atoms. The average molecular weight is 796 g/mol. The molecule has 1 fully saturated rings. The second-order valence-electron chi connectivity index (χ2n) is 14.1. The lowest BCUT2D eigenvalue weighted by molar-refractivity contribution is -0.142. The van der Waals surface area contributed by atoms with Crippen molar-refractivity contribution in [1.82, 2.24) is 36.5 Å². The Morgan fingerprint density at radius 3 is 2.17 bits per heavy atom. The summed E-state index contributed by atoms with van der Waals surface area (Å²) in [5.41, 5.74) is 14.4. The maximum absolute atomic E-state index is 14.0. The number of nitrogens with one attached hydrogen (secondary N) is 6. The molecule has 6 atom stereocenters. The van der Waals surface area contributed by atoms with Crippen molar-refractivity contribution < 1.29 is 38.7 Å². The van der Waals surface area contributed by atoms with Crippen molar-refractivity contribution in [3.63, 3.8) is 0 Å². The molecule has 1 aliphatic heterocycles. The van der Waals surface area contributed by atoms with Gasteiger partial charge in [-0.25, -0.2) is 0 Å². The molecule has 306 valence electrons. The summed E-state index contributed by atoms with van der Waals surface area (Å²) in [6.07, 6.45) is 2.79. The van der Waals surface area contributed by atoms with E-state index in [2.05, 4.69) is 31.6 Å². The number of hydrogen-bond acceptors (Lipinski definition) is 9. The number of aromatic nitrogens is 1. The third-order valence-electron chi connectivity index (χ3n) is 9.91. The standard InChI is InChI=1S/C41H49N9O8/c1-24(46-38(55)29(42)20-27-21-44-30-16-9-8-15-28(27)30)37(54)47-31(19-25-11-4-2-5-12-25)39(56)45-22-34(52)49-35(26-13-6-3-7-14-26)41(58)50-18-10-17-33(50)40(57)48-32(23-51)36(43)53/h2-9,11-16,21,24,29,31-33,35,44,51H,10,17-20,22-23,42H2,1H3,(H2,43,53)(H,45,56)(H,46,55)(H,47,54)(H,48,57)(H,49,52)/t24-,29+,31+,32+,33+,35+/m1/s1. The molecule has 11 N–H and O–H groups in total. The van der Waals surface area contributed by atoms with Crippen molar-refractivity contribution in [2.24, 2.45) is 11.5 Å². The molecule has 1 aromatic heterocycles. The van der Waals surface area contributed by atoms with Crippen LogP contribution in [0.25, 0.3) is 10.9 Å². The Morgan fingerprint density at radius 2 is 1.48 bits per heavy atom. The molecule has 0 unspecified atom stereocenters. The molecule has 2 heterocycles. The normalized spacial score (nSPS) is 16.3. The average Bonchev–Trinajstić information content (AvgIpc) is 3.89. The molecule has 0 bridgehead atoms. The van der Waals surface area contributed by atoms with Crippen LogP contribution in [-0.4, -0.2) is 106 Å². The van der Waals surface area contributed by atoms with Crippen LogP contribution in [0.5, 0.6) is 0 Å². The predicted octanol–water partition coefficient (Wildman–Crippen LogP) is -0.803. The third-order valence-corrected chi connectivity index (χ3v) is 9.91. The maximum Gasteiger partial charge on any atom is 0.250 e. The quantitative estimate of drug-likeness (QED) is 0.0609. The van der Waals surface area contributed by atoms with Crippen molar-refractivity contribution >= 4 is 52.3 Å². The Hall–Kier alpha value is -6.59. The van der Waals surface area contributed by atoms with Gasteiger partial charge >= 0.3 is 0 Å². The monoisotopic (exact) mass is 795 g/mol. The minimum absolute atomic E-state index is 0.0528. The van der Waals surface area contributed by atoms with E-state index in [9.17, 15) is 38.7 Å². The van der Waals surface area contributed by atoms with Crippen LogP contribution in [0.2, 0.25) is 0 Å². The van der Waals surface area contributed by atoms with E-state index < -0.39 is 90.8 Å². The van der Waals surface area contributed by atoms with Crippen LogP contribution in [0.4, 0.5) is 0 Å². The first-order valence-corrected chi connectivity index (χ1v) is 18.9. The number of amides is 7. The van der Waals surface area contributed by atoms with Crippen LogP contribution in [0.3, 0.4) is 0 Å². The molecule has 1 aliphatic rings. The number of aromatic amines is 1. The Bertz CT molecular complexity index is 2090. The maximum atomic E-state index is 14.0. The largest absolute Gasteiger partial charge is 0.394 e. The van der Waals surface area contributed by atoms with E-state index in [-0.39, 0.29) is 25.8 Å². The van der Waals surface area contributed by atoms with Crippen molar-refractivity contribution in [2.45, 2.75) is 68.9 Å². The summed E-state index contributed by atoms with van der Waals surface area (Å²) < 4.78 is 0. The number of fused-ring (bicyclic) bond motifs is 1. The minimum atomic E-state index is -1.34. The first-order valence-electron chi connectivity index (χ1n) is 18.9. The second kappa shape index (κ2) is 20.0. The number of likely N-dealkylation sites (tertiary alicyclic amines) is 1. The van der Waals surface area contributed by atoms with Gasteiger partial charge in [-0.1, -0.05) is 78.9 Å². The molecule has 0 radical (unpaired) electrons. The smallest absolute Gasteiger partial charge is 0.250 e. The number of aliphatic hydroxyl groups is 1. The van der Waals surface area contributed by atoms with Gasteiger partial charge in [0.15, 0.2) is 0 Å². The van der Waals surface area contributed by atoms with Crippen LogP contribution in [0.15, 0.2) is 91.1 Å². The Labute approximate surface area is 334 Å². The lowest BCUT2D eigenvalue weighted by Gasteiger charge is -2.29. The van der Waals surface area contributed by atoms with Crippen LogP contribution < -0.4 is 38.1 Å². The molecule has 4 aromatic rings. The lowest BCUT2D eigenvalue weighted by Crippen LogP contribution is -2.56. The summed E-state index contributed by atoms with van der Waals surface area (Å²) in [6, 6.07) is 18.0. The number of H-pyrrole nitrogens is 1. The van der Waals surface area contributed by atoms with Crippen LogP contribution in [-0.2, 0) is 46.4 Å². The highest BCUT2D eigenvalue weighted by atomic mass is 16.3. The van der Waals surface area contributed by atoms with Crippen LogP contribution in [0, 0.1) is 0 Å². The van der Waals surface area contributed by atoms with Gasteiger partial charge in [0.2, 0.25) is 41.4 Å². The topological polar surface area (TPSA) is 271 Å². The first-order chi connectivity index (χ1) is 27.9. The van der Waals surface area contributed by atoms with Gasteiger partial charge in [0, 0.05) is 30.1 Å². The highest BCUT2D eigenvalue weighted by molar-refractivity contribution is 5.97. The van der Waals surface area contributed by atoms with E-state index in [1.807, 2.05) is 24.3 Å². The number of aliphatic hydroxyl groups excluding tert-OH is 1. The van der Waals surface area contributed by atoms with Gasteiger partial charge < -0.3 is 53.0 Å². The summed E-state index contributed by atoms with van der Waals surface area (Å²) >= 11 is 0. The number of nitrogens with two attached hydrogens (primary N) is 2. The van der Waals surface area contributed by atoms with Gasteiger partial charge in [0.05, 0.1) is 19.2 Å². The molecule has 5 rings (SSSR count). The van der Waals surface area contributed by atoms with Crippen LogP contribution >= 0.6 is 0 Å². The zero-order chi connectivity index (χ0) is 41.8. The SMILES string of the molecule is C[C@@H](NC(=O)[C@@H](N)Cc1c[nH]c2ccccc12)C(=O)N[C@@H](Cc1ccccc1)C(=O)NCC(=O)N[C@H](C(=O)N1CCC[C@H]1C(=O)N[C@@H](CO)C(N)=O)c1ccccc1. The zero-order valence-electron chi connectivity index (χ0n) is 32.0. The fraction of sp³-hybridized carbons (Fsp3) is 0.341. The van der Waals surface area contributed by atoms with Gasteiger partial charge in [-0.15, -0.1) is 0 Å². The van der Waals surface area contributed by atoms with Crippen molar-refractivity contribution in [1.29, 1.82) is 0 Å². The summed E-state index contributed by atoms with van der Waals surface area (Å²) in [4.78, 5) is 96.6. The van der Waals surface area contributed by atoms with Crippen LogP contribution in [0.1, 0.15) is 42.5 Å². The van der Waals surface area contributed by atoms with E-state index in [0.717, 1.165) is 16.5 Å². The number of primary amides is 1. The van der Waals surface area contributed by atoms with Gasteiger partial charge in [-0.2, -0.15) is 0 Å². The van der Waals surface area contributed by atoms with Gasteiger partial charge in [0.1, 0.15) is 30.2 Å².